The maximum absolute atomic E-state index is 13.7. The molecule has 12 nitrogen and oxygen atoms in total. The van der Waals surface area contributed by atoms with Crippen molar-refractivity contribution in [3.05, 3.63) is 41.0 Å². The molecule has 1 aromatic carbocycles. The van der Waals surface area contributed by atoms with E-state index in [0.29, 0.717) is 6.42 Å². The van der Waals surface area contributed by atoms with E-state index in [1.807, 2.05) is 38.1 Å². The topological polar surface area (TPSA) is 173 Å². The molecule has 2 unspecified atom stereocenters. The van der Waals surface area contributed by atoms with Gasteiger partial charge in [0, 0.05) is 19.4 Å². The van der Waals surface area contributed by atoms with Gasteiger partial charge in [0.05, 0.1) is 41.4 Å². The monoisotopic (exact) mass is 603 g/mol. The number of benzene rings is 1. The Bertz CT molecular complexity index is 1240. The van der Waals surface area contributed by atoms with E-state index in [-0.39, 0.29) is 44.7 Å². The number of aromatic nitrogens is 1. The van der Waals surface area contributed by atoms with Crippen LogP contribution in [-0.2, 0) is 23.9 Å². The number of nitrogens with zero attached hydrogens (tertiary/aromatic N) is 2. The number of β-amino-alcohol motifs (C(OH)–C–C–N with tert-alkyl or cyclic N) is 1. The molecule has 1 fully saturated rings. The molecule has 2 aromatic rings. The van der Waals surface area contributed by atoms with Crippen LogP contribution in [0.1, 0.15) is 57.8 Å². The first-order valence-corrected chi connectivity index (χ1v) is 14.7. The minimum atomic E-state index is -0.965. The van der Waals surface area contributed by atoms with Crippen molar-refractivity contribution < 1.29 is 33.8 Å². The van der Waals surface area contributed by atoms with Gasteiger partial charge < -0.3 is 35.8 Å². The molecule has 0 spiro atoms. The fourth-order valence-corrected chi connectivity index (χ4v) is 5.53. The van der Waals surface area contributed by atoms with Crippen molar-refractivity contribution in [1.29, 1.82) is 0 Å². The lowest BCUT2D eigenvalue weighted by molar-refractivity contribution is -0.144. The predicted octanol–water partition coefficient (Wildman–Crippen LogP) is 2.29. The van der Waals surface area contributed by atoms with Crippen molar-refractivity contribution in [2.45, 2.75) is 71.7 Å². The second kappa shape index (κ2) is 14.6. The van der Waals surface area contributed by atoms with Gasteiger partial charge in [-0.05, 0) is 30.4 Å². The summed E-state index contributed by atoms with van der Waals surface area (Å²) in [4.78, 5) is 57.1. The second-order valence-electron chi connectivity index (χ2n) is 11.5. The summed E-state index contributed by atoms with van der Waals surface area (Å²) in [5.74, 6) is -1.35. The van der Waals surface area contributed by atoms with E-state index in [1.165, 1.54) is 4.90 Å². The number of aliphatic hydroxyl groups excluding tert-OH is 1. The van der Waals surface area contributed by atoms with E-state index in [9.17, 15) is 24.3 Å². The number of amides is 4. The molecule has 1 aromatic heterocycles. The van der Waals surface area contributed by atoms with Crippen LogP contribution < -0.4 is 16.4 Å². The Balaban J connectivity index is 1.62. The van der Waals surface area contributed by atoms with Gasteiger partial charge in [0.25, 0.3) is 0 Å². The molecule has 5 N–H and O–H groups in total. The van der Waals surface area contributed by atoms with Crippen LogP contribution in [0.5, 0.6) is 0 Å². The number of ether oxygens (including phenoxy) is 2. The number of nitrogens with one attached hydrogen (secondary N) is 2. The molecule has 1 aliphatic heterocycles. The first kappa shape index (κ1) is 33.0. The quantitative estimate of drug-likeness (QED) is 0.268. The van der Waals surface area contributed by atoms with Gasteiger partial charge in [-0.3, -0.25) is 14.4 Å². The molecule has 13 heteroatoms. The van der Waals surface area contributed by atoms with Crippen LogP contribution in [0.2, 0.25) is 0 Å². The minimum Gasteiger partial charge on any atom is -0.450 e. The molecule has 2 heterocycles. The zero-order chi connectivity index (χ0) is 31.0. The number of nitrogens with two attached hydrogens (primary N) is 1. The Kier molecular flexibility index (Phi) is 11.4. The third-order valence-electron chi connectivity index (χ3n) is 6.97. The molecule has 1 aliphatic rings. The molecule has 0 radical (unpaired) electrons. The molecular weight excluding hydrogens is 562 g/mol. The van der Waals surface area contributed by atoms with Crippen molar-refractivity contribution in [1.82, 2.24) is 20.5 Å². The first-order chi connectivity index (χ1) is 19.8. The molecule has 0 saturated carbocycles. The summed E-state index contributed by atoms with van der Waals surface area (Å²) in [7, 11) is 0. The Morgan fingerprint density at radius 1 is 1.17 bits per heavy atom. The van der Waals surface area contributed by atoms with Gasteiger partial charge in [-0.1, -0.05) is 45.0 Å². The number of aliphatic hydroxyl groups is 1. The lowest BCUT2D eigenvalue weighted by Crippen LogP contribution is -2.58. The molecule has 230 valence electrons. The van der Waals surface area contributed by atoms with Crippen molar-refractivity contribution in [2.24, 2.45) is 11.1 Å². The Labute approximate surface area is 250 Å². The zero-order valence-corrected chi connectivity index (χ0v) is 25.5. The fourth-order valence-electron chi connectivity index (χ4n) is 4.72. The van der Waals surface area contributed by atoms with Gasteiger partial charge in [0.1, 0.15) is 18.7 Å². The standard InChI is InChI=1S/C29H41N5O7S/c1-17(19-7-9-20(10-8-19)24-18(2)31-16-42-24)32-26(37)22-13-21(35)14-34(22)27(38)25(29(3,4)5)33-23(36)15-40-11-6-12-41-28(30)39/h7-10,16-17,21-22,25,35H,6,11-15H2,1-5H3,(H2,30,39)(H,32,37)(H,33,36)/t17?,21-,22+,25?/m1/s1. The fraction of sp³-hybridized carbons (Fsp3) is 0.552. The Morgan fingerprint density at radius 3 is 2.45 bits per heavy atom. The van der Waals surface area contributed by atoms with E-state index < -0.39 is 41.5 Å². The van der Waals surface area contributed by atoms with Crippen molar-refractivity contribution in [3.63, 3.8) is 0 Å². The molecule has 42 heavy (non-hydrogen) atoms. The highest BCUT2D eigenvalue weighted by molar-refractivity contribution is 7.13. The smallest absolute Gasteiger partial charge is 0.404 e. The highest BCUT2D eigenvalue weighted by Crippen LogP contribution is 2.29. The number of primary amides is 1. The molecule has 0 aliphatic carbocycles. The molecule has 0 bridgehead atoms. The summed E-state index contributed by atoms with van der Waals surface area (Å²) in [6.07, 6.45) is -1.31. The van der Waals surface area contributed by atoms with E-state index in [0.717, 1.165) is 21.7 Å². The minimum absolute atomic E-state index is 0.0208. The Morgan fingerprint density at radius 2 is 1.86 bits per heavy atom. The second-order valence-corrected chi connectivity index (χ2v) is 12.3. The van der Waals surface area contributed by atoms with Crippen LogP contribution in [0, 0.1) is 12.3 Å². The van der Waals surface area contributed by atoms with Gasteiger partial charge in [0.2, 0.25) is 17.7 Å². The van der Waals surface area contributed by atoms with Crippen LogP contribution in [0.25, 0.3) is 10.4 Å². The maximum Gasteiger partial charge on any atom is 0.404 e. The number of thiazole rings is 1. The number of likely N-dealkylation sites (tertiary alicyclic amines) is 1. The van der Waals surface area contributed by atoms with E-state index in [1.54, 1.807) is 37.6 Å². The van der Waals surface area contributed by atoms with Crippen LogP contribution in [0.3, 0.4) is 0 Å². The lowest BCUT2D eigenvalue weighted by atomic mass is 9.85. The summed E-state index contributed by atoms with van der Waals surface area (Å²) in [5.41, 5.74) is 8.92. The van der Waals surface area contributed by atoms with Crippen molar-refractivity contribution in [2.75, 3.05) is 26.4 Å². The van der Waals surface area contributed by atoms with E-state index in [2.05, 4.69) is 20.4 Å². The van der Waals surface area contributed by atoms with Crippen molar-refractivity contribution in [3.8, 4) is 10.4 Å². The summed E-state index contributed by atoms with van der Waals surface area (Å²) in [6, 6.07) is 5.68. The molecule has 3 rings (SSSR count). The molecule has 4 amide bonds. The third-order valence-corrected chi connectivity index (χ3v) is 7.95. The Hall–Kier alpha value is -3.55. The number of rotatable bonds is 12. The summed E-state index contributed by atoms with van der Waals surface area (Å²) in [5, 5.41) is 16.1. The number of hydrogen-bond acceptors (Lipinski definition) is 9. The van der Waals surface area contributed by atoms with E-state index in [4.69, 9.17) is 10.5 Å². The molecule has 1 saturated heterocycles. The lowest BCUT2D eigenvalue weighted by Gasteiger charge is -2.35. The normalized spacial score (nSPS) is 18.3. The van der Waals surface area contributed by atoms with Crippen LogP contribution in [0.15, 0.2) is 29.8 Å². The summed E-state index contributed by atoms with van der Waals surface area (Å²) >= 11 is 1.57. The number of hydrogen-bond donors (Lipinski definition) is 4. The number of carbonyl (C=O) groups is 4. The SMILES string of the molecule is Cc1ncsc1-c1ccc(C(C)NC(=O)[C@@H]2C[C@@H](O)CN2C(=O)C(NC(=O)COCCCOC(N)=O)C(C)(C)C)cc1. The largest absolute Gasteiger partial charge is 0.450 e. The van der Waals surface area contributed by atoms with Crippen LogP contribution in [0.4, 0.5) is 4.79 Å². The van der Waals surface area contributed by atoms with Gasteiger partial charge in [0.15, 0.2) is 0 Å². The first-order valence-electron chi connectivity index (χ1n) is 13.9. The average molecular weight is 604 g/mol. The molecular formula is C29H41N5O7S. The maximum atomic E-state index is 13.7. The van der Waals surface area contributed by atoms with Gasteiger partial charge in [-0.25, -0.2) is 9.78 Å². The van der Waals surface area contributed by atoms with Gasteiger partial charge in [-0.2, -0.15) is 0 Å². The van der Waals surface area contributed by atoms with Gasteiger partial charge in [-0.15, -0.1) is 11.3 Å². The van der Waals surface area contributed by atoms with Crippen molar-refractivity contribution >= 4 is 35.2 Å². The predicted molar refractivity (Wildman–Crippen MR) is 157 cm³/mol. The highest BCUT2D eigenvalue weighted by atomic mass is 32.1. The molecule has 4 atom stereocenters. The van der Waals surface area contributed by atoms with Gasteiger partial charge >= 0.3 is 6.09 Å². The summed E-state index contributed by atoms with van der Waals surface area (Å²) < 4.78 is 9.93. The highest BCUT2D eigenvalue weighted by Gasteiger charge is 2.44. The zero-order valence-electron chi connectivity index (χ0n) is 24.7. The van der Waals surface area contributed by atoms with Crippen LogP contribution in [-0.4, -0.2) is 83.4 Å². The number of carbonyl (C=O) groups excluding carboxylic acids is 4. The number of aryl methyl sites for hydroxylation is 1. The summed E-state index contributed by atoms with van der Waals surface area (Å²) in [6.45, 7) is 9.13. The van der Waals surface area contributed by atoms with E-state index >= 15 is 0 Å². The van der Waals surface area contributed by atoms with Crippen LogP contribution >= 0.6 is 11.3 Å². The third kappa shape index (κ3) is 8.97. The average Bonchev–Trinajstić information content (AvgIpc) is 3.53.